The number of rotatable bonds is 5. The third-order valence-corrected chi connectivity index (χ3v) is 3.63. The lowest BCUT2D eigenvalue weighted by Gasteiger charge is -2.15. The molecule has 1 amide bonds. The summed E-state index contributed by atoms with van der Waals surface area (Å²) in [4.78, 5) is 34.3. The maximum absolute atomic E-state index is 13.4. The molecule has 132 valence electrons. The van der Waals surface area contributed by atoms with Gasteiger partial charge in [-0.25, -0.2) is 9.18 Å². The highest BCUT2D eigenvalue weighted by Crippen LogP contribution is 2.24. The molecule has 25 heavy (non-hydrogen) atoms. The van der Waals surface area contributed by atoms with E-state index >= 15 is 0 Å². The number of nitrogens with one attached hydrogen (secondary N) is 1. The molecule has 0 aliphatic heterocycles. The first-order valence-electron chi connectivity index (χ1n) is 7.11. The molecule has 0 radical (unpaired) electrons. The summed E-state index contributed by atoms with van der Waals surface area (Å²) in [5.74, 6) is -2.87. The van der Waals surface area contributed by atoms with Gasteiger partial charge >= 0.3 is 11.7 Å². The molecule has 0 saturated heterocycles. The van der Waals surface area contributed by atoms with Crippen molar-refractivity contribution in [1.82, 2.24) is 15.1 Å². The van der Waals surface area contributed by atoms with Crippen LogP contribution < -0.4 is 5.32 Å². The van der Waals surface area contributed by atoms with Crippen LogP contribution in [0.3, 0.4) is 0 Å². The van der Waals surface area contributed by atoms with E-state index in [2.05, 4.69) is 10.4 Å². The first-order chi connectivity index (χ1) is 11.6. The van der Waals surface area contributed by atoms with Crippen LogP contribution in [0.15, 0.2) is 18.2 Å². The molecule has 2 rings (SSSR count). The molecule has 0 spiro atoms. The lowest BCUT2D eigenvalue weighted by molar-refractivity contribution is -0.385. The standard InChI is InChI=1S/C15H15FN4O5/c1-7-6-9(4-5-10(7)16)11(15(22)23)17-14(21)13-12(20(24)25)8(2)18-19(13)3/h4-6,11H,1-3H3,(H,17,21)(H,22,23). The van der Waals surface area contributed by atoms with Gasteiger partial charge in [0.05, 0.1) is 4.92 Å². The average Bonchev–Trinajstić information content (AvgIpc) is 2.81. The van der Waals surface area contributed by atoms with Gasteiger partial charge in [-0.2, -0.15) is 5.10 Å². The Morgan fingerprint density at radius 2 is 2.04 bits per heavy atom. The molecule has 1 aromatic heterocycles. The number of carboxylic acid groups (broad SMARTS) is 1. The Hall–Kier alpha value is -3.30. The van der Waals surface area contributed by atoms with E-state index in [-0.39, 0.29) is 22.5 Å². The van der Waals surface area contributed by atoms with Crippen molar-refractivity contribution in [1.29, 1.82) is 0 Å². The summed E-state index contributed by atoms with van der Waals surface area (Å²) in [5.41, 5.74) is -0.490. The SMILES string of the molecule is Cc1cc(C(NC(=O)c2c([N+](=O)[O-])c(C)nn2C)C(=O)O)ccc1F. The molecule has 0 fully saturated rings. The molecule has 1 heterocycles. The number of carbonyl (C=O) groups excluding carboxylic acids is 1. The van der Waals surface area contributed by atoms with Crippen molar-refractivity contribution in [2.24, 2.45) is 7.05 Å². The van der Waals surface area contributed by atoms with E-state index < -0.39 is 34.3 Å². The highest BCUT2D eigenvalue weighted by molar-refractivity contribution is 5.99. The number of aryl methyl sites for hydroxylation is 3. The second-order valence-electron chi connectivity index (χ2n) is 5.42. The third-order valence-electron chi connectivity index (χ3n) is 3.63. The summed E-state index contributed by atoms with van der Waals surface area (Å²) in [5, 5.41) is 26.6. The number of hydrogen-bond acceptors (Lipinski definition) is 5. The zero-order chi connectivity index (χ0) is 18.9. The number of benzene rings is 1. The number of halogens is 1. The van der Waals surface area contributed by atoms with Gasteiger partial charge in [-0.3, -0.25) is 19.6 Å². The molecule has 0 aliphatic carbocycles. The molecule has 0 bridgehead atoms. The fourth-order valence-electron chi connectivity index (χ4n) is 2.45. The van der Waals surface area contributed by atoms with Crippen molar-refractivity contribution in [3.05, 3.63) is 56.6 Å². The lowest BCUT2D eigenvalue weighted by Crippen LogP contribution is -2.35. The van der Waals surface area contributed by atoms with Crippen LogP contribution >= 0.6 is 0 Å². The average molecular weight is 350 g/mol. The summed E-state index contributed by atoms with van der Waals surface area (Å²) in [6.45, 7) is 2.82. The van der Waals surface area contributed by atoms with E-state index in [1.54, 1.807) is 0 Å². The molecule has 10 heteroatoms. The Morgan fingerprint density at radius 3 is 2.56 bits per heavy atom. The van der Waals surface area contributed by atoms with E-state index in [1.165, 1.54) is 33.0 Å². The van der Waals surface area contributed by atoms with Crippen molar-refractivity contribution >= 4 is 17.6 Å². The molecule has 1 aromatic carbocycles. The molecule has 2 aromatic rings. The van der Waals surface area contributed by atoms with Gasteiger partial charge in [0.25, 0.3) is 5.91 Å². The number of carbonyl (C=O) groups is 2. The van der Waals surface area contributed by atoms with Gasteiger partial charge in [0.1, 0.15) is 11.5 Å². The largest absolute Gasteiger partial charge is 0.479 e. The maximum Gasteiger partial charge on any atom is 0.330 e. The first kappa shape index (κ1) is 18.0. The van der Waals surface area contributed by atoms with Crippen LogP contribution in [0.5, 0.6) is 0 Å². The highest BCUT2D eigenvalue weighted by atomic mass is 19.1. The van der Waals surface area contributed by atoms with Crippen LogP contribution in [0.25, 0.3) is 0 Å². The number of aromatic nitrogens is 2. The minimum Gasteiger partial charge on any atom is -0.479 e. The topological polar surface area (TPSA) is 127 Å². The van der Waals surface area contributed by atoms with Gasteiger partial charge in [0.2, 0.25) is 5.69 Å². The van der Waals surface area contributed by atoms with Crippen molar-refractivity contribution < 1.29 is 24.0 Å². The normalized spacial score (nSPS) is 11.8. The summed E-state index contributed by atoms with van der Waals surface area (Å²) in [6.07, 6.45) is 0. The minimum atomic E-state index is -1.50. The Kier molecular flexibility index (Phi) is 4.82. The van der Waals surface area contributed by atoms with E-state index in [4.69, 9.17) is 0 Å². The van der Waals surface area contributed by atoms with Crippen LogP contribution in [-0.2, 0) is 11.8 Å². The highest BCUT2D eigenvalue weighted by Gasteiger charge is 2.32. The van der Waals surface area contributed by atoms with E-state index in [1.807, 2.05) is 0 Å². The smallest absolute Gasteiger partial charge is 0.330 e. The molecule has 2 N–H and O–H groups in total. The monoisotopic (exact) mass is 350 g/mol. The molecule has 0 aliphatic rings. The quantitative estimate of drug-likeness (QED) is 0.623. The van der Waals surface area contributed by atoms with E-state index in [0.717, 1.165) is 10.7 Å². The number of aliphatic carboxylic acids is 1. The van der Waals surface area contributed by atoms with Crippen molar-refractivity contribution in [3.8, 4) is 0 Å². The van der Waals surface area contributed by atoms with Crippen LogP contribution in [0.4, 0.5) is 10.1 Å². The number of nitro groups is 1. The maximum atomic E-state index is 13.4. The molecule has 9 nitrogen and oxygen atoms in total. The van der Waals surface area contributed by atoms with Crippen molar-refractivity contribution in [2.45, 2.75) is 19.9 Å². The number of amides is 1. The van der Waals surface area contributed by atoms with Gasteiger partial charge in [0.15, 0.2) is 6.04 Å². The number of carboxylic acids is 1. The number of hydrogen-bond donors (Lipinski definition) is 2. The Morgan fingerprint density at radius 1 is 1.40 bits per heavy atom. The Bertz CT molecular complexity index is 877. The Labute approximate surface area is 141 Å². The fourth-order valence-corrected chi connectivity index (χ4v) is 2.45. The molecule has 1 unspecified atom stereocenters. The zero-order valence-electron chi connectivity index (χ0n) is 13.6. The van der Waals surface area contributed by atoms with Crippen molar-refractivity contribution in [2.75, 3.05) is 0 Å². The predicted octanol–water partition coefficient (Wildman–Crippen LogP) is 1.64. The van der Waals surface area contributed by atoms with E-state index in [9.17, 15) is 29.2 Å². The van der Waals surface area contributed by atoms with Crippen LogP contribution in [0.2, 0.25) is 0 Å². The van der Waals surface area contributed by atoms with Gasteiger partial charge < -0.3 is 10.4 Å². The van der Waals surface area contributed by atoms with Crippen LogP contribution in [0.1, 0.15) is 33.4 Å². The summed E-state index contributed by atoms with van der Waals surface area (Å²) in [6, 6.07) is 2.10. The van der Waals surface area contributed by atoms with Crippen molar-refractivity contribution in [3.63, 3.8) is 0 Å². The Balaban J connectivity index is 2.41. The predicted molar refractivity (Wildman–Crippen MR) is 83.6 cm³/mol. The number of nitrogens with zero attached hydrogens (tertiary/aromatic N) is 3. The summed E-state index contributed by atoms with van der Waals surface area (Å²) in [7, 11) is 1.34. The second kappa shape index (κ2) is 6.67. The molecular weight excluding hydrogens is 335 g/mol. The first-order valence-corrected chi connectivity index (χ1v) is 7.11. The molecular formula is C15H15FN4O5. The fraction of sp³-hybridized carbons (Fsp3) is 0.267. The minimum absolute atomic E-state index is 0.0298. The van der Waals surface area contributed by atoms with Gasteiger partial charge in [-0.05, 0) is 31.0 Å². The zero-order valence-corrected chi connectivity index (χ0v) is 13.6. The summed E-state index contributed by atoms with van der Waals surface area (Å²) >= 11 is 0. The lowest BCUT2D eigenvalue weighted by atomic mass is 10.0. The molecule has 0 saturated carbocycles. The van der Waals surface area contributed by atoms with Gasteiger partial charge in [-0.15, -0.1) is 0 Å². The second-order valence-corrected chi connectivity index (χ2v) is 5.42. The van der Waals surface area contributed by atoms with Crippen LogP contribution in [-0.4, -0.2) is 31.7 Å². The third kappa shape index (κ3) is 3.47. The molecule has 1 atom stereocenters. The van der Waals surface area contributed by atoms with Gasteiger partial charge in [-0.1, -0.05) is 12.1 Å². The van der Waals surface area contributed by atoms with Crippen LogP contribution in [0, 0.1) is 29.8 Å². The van der Waals surface area contributed by atoms with E-state index in [0.29, 0.717) is 0 Å². The van der Waals surface area contributed by atoms with Gasteiger partial charge in [0, 0.05) is 7.05 Å². The summed E-state index contributed by atoms with van der Waals surface area (Å²) < 4.78 is 14.4.